The van der Waals surface area contributed by atoms with E-state index in [0.29, 0.717) is 33.9 Å². The molecule has 0 heterocycles. The molecule has 2 rings (SSSR count). The molecule has 2 aromatic rings. The van der Waals surface area contributed by atoms with Crippen LogP contribution >= 0.6 is 15.9 Å². The average Bonchev–Trinajstić information content (AvgIpc) is 2.44. The summed E-state index contributed by atoms with van der Waals surface area (Å²) in [6, 6.07) is 8.13. The first-order valence-electron chi connectivity index (χ1n) is 6.40. The molecule has 0 aliphatic rings. The maximum Gasteiger partial charge on any atom is 0.256 e. The van der Waals surface area contributed by atoms with Gasteiger partial charge in [-0.2, -0.15) is 0 Å². The molecule has 6 nitrogen and oxygen atoms in total. The van der Waals surface area contributed by atoms with Crippen LogP contribution in [0.15, 0.2) is 30.3 Å². The van der Waals surface area contributed by atoms with E-state index in [1.54, 1.807) is 37.3 Å². The zero-order valence-corrected chi connectivity index (χ0v) is 13.5. The van der Waals surface area contributed by atoms with Crippen LogP contribution in [0, 0.1) is 12.3 Å². The molecule has 7 heteroatoms. The average molecular weight is 362 g/mol. The third-order valence-electron chi connectivity index (χ3n) is 3.22. The van der Waals surface area contributed by atoms with Gasteiger partial charge in [0.25, 0.3) is 5.91 Å². The van der Waals surface area contributed by atoms with Gasteiger partial charge in [-0.3, -0.25) is 10.2 Å². The van der Waals surface area contributed by atoms with Crippen molar-refractivity contribution in [2.24, 2.45) is 0 Å². The number of rotatable bonds is 3. The Morgan fingerprint density at radius 3 is 2.32 bits per heavy atom. The number of halogens is 1. The highest BCUT2D eigenvalue weighted by molar-refractivity contribution is 9.18. The van der Waals surface area contributed by atoms with Gasteiger partial charge >= 0.3 is 0 Å². The Kier molecular flexibility index (Phi) is 4.37. The molecule has 0 saturated heterocycles. The molecular formula is C15H16BrN5O. The van der Waals surface area contributed by atoms with E-state index in [1.165, 1.54) is 0 Å². The van der Waals surface area contributed by atoms with E-state index in [9.17, 15) is 4.79 Å². The summed E-state index contributed by atoms with van der Waals surface area (Å²) in [5.41, 5.74) is 20.7. The van der Waals surface area contributed by atoms with Crippen LogP contribution in [0.3, 0.4) is 0 Å². The van der Waals surface area contributed by atoms with Crippen molar-refractivity contribution in [2.75, 3.05) is 22.5 Å². The smallest absolute Gasteiger partial charge is 0.256 e. The van der Waals surface area contributed by atoms with Gasteiger partial charge in [0.05, 0.1) is 11.4 Å². The fraction of sp³-hybridized carbons (Fsp3) is 0.0667. The molecule has 0 aliphatic carbocycles. The second-order valence-corrected chi connectivity index (χ2v) is 5.66. The van der Waals surface area contributed by atoms with Crippen molar-refractivity contribution in [1.29, 1.82) is 5.41 Å². The third-order valence-corrected chi connectivity index (χ3v) is 3.65. The summed E-state index contributed by atoms with van der Waals surface area (Å²) in [5.74, 6) is -0.305. The quantitative estimate of drug-likeness (QED) is 0.424. The van der Waals surface area contributed by atoms with E-state index in [2.05, 4.69) is 21.2 Å². The Balaban J connectivity index is 2.32. The van der Waals surface area contributed by atoms with Crippen molar-refractivity contribution in [2.45, 2.75) is 6.92 Å². The lowest BCUT2D eigenvalue weighted by Gasteiger charge is -2.11. The molecule has 0 unspecified atom stereocenters. The lowest BCUT2D eigenvalue weighted by Crippen LogP contribution is -2.15. The van der Waals surface area contributed by atoms with Gasteiger partial charge in [-0.15, -0.1) is 0 Å². The highest BCUT2D eigenvalue weighted by Gasteiger charge is 2.13. The van der Waals surface area contributed by atoms with Gasteiger partial charge in [-0.1, -0.05) is 0 Å². The minimum Gasteiger partial charge on any atom is -0.398 e. The number of carbonyl (C=O) groups excluding carboxylic acids is 1. The van der Waals surface area contributed by atoms with E-state index < -0.39 is 0 Å². The second kappa shape index (κ2) is 6.07. The normalized spacial score (nSPS) is 10.3. The molecule has 2 aromatic carbocycles. The highest BCUT2D eigenvalue weighted by Crippen LogP contribution is 2.23. The fourth-order valence-corrected chi connectivity index (χ4v) is 2.36. The number of carbonyl (C=O) groups is 1. The summed E-state index contributed by atoms with van der Waals surface area (Å²) in [7, 11) is 0. The molecule has 0 bridgehead atoms. The topological polar surface area (TPSA) is 131 Å². The first-order chi connectivity index (χ1) is 10.3. The summed E-state index contributed by atoms with van der Waals surface area (Å²) < 4.78 is 0.147. The lowest BCUT2D eigenvalue weighted by atomic mass is 10.1. The van der Waals surface area contributed by atoms with E-state index in [1.807, 2.05) is 0 Å². The molecule has 0 spiro atoms. The van der Waals surface area contributed by atoms with Crippen molar-refractivity contribution >= 4 is 49.2 Å². The van der Waals surface area contributed by atoms with Crippen molar-refractivity contribution in [3.63, 3.8) is 0 Å². The number of amides is 1. The largest absolute Gasteiger partial charge is 0.398 e. The number of nitrogens with one attached hydrogen (secondary N) is 2. The molecule has 0 fully saturated rings. The summed E-state index contributed by atoms with van der Waals surface area (Å²) >= 11 is 3.07. The minimum absolute atomic E-state index is 0.147. The lowest BCUT2D eigenvalue weighted by molar-refractivity contribution is 0.102. The van der Waals surface area contributed by atoms with Crippen LogP contribution in [-0.4, -0.2) is 10.5 Å². The third kappa shape index (κ3) is 3.20. The van der Waals surface area contributed by atoms with Crippen LogP contribution in [0.25, 0.3) is 0 Å². The van der Waals surface area contributed by atoms with Crippen LogP contribution in [0.4, 0.5) is 22.7 Å². The number of anilines is 4. The van der Waals surface area contributed by atoms with Gasteiger partial charge < -0.3 is 22.5 Å². The van der Waals surface area contributed by atoms with E-state index in [-0.39, 0.29) is 10.5 Å². The van der Waals surface area contributed by atoms with Crippen molar-refractivity contribution < 1.29 is 4.79 Å². The van der Waals surface area contributed by atoms with Gasteiger partial charge in [0, 0.05) is 22.5 Å². The van der Waals surface area contributed by atoms with E-state index in [4.69, 9.17) is 22.6 Å². The van der Waals surface area contributed by atoms with Gasteiger partial charge in [0.1, 0.15) is 4.62 Å². The number of hydrogen-bond acceptors (Lipinski definition) is 5. The zero-order chi connectivity index (χ0) is 16.4. The van der Waals surface area contributed by atoms with Gasteiger partial charge in [-0.25, -0.2) is 0 Å². The molecule has 0 saturated carbocycles. The standard InChI is InChI=1S/C15H16BrN5O/c1-7-4-12(18)13(19)6-9(7)15(22)21-8-2-3-11(17)10(5-8)14(16)20/h2-6,20H,17-19H2,1H3,(H,21,22). The summed E-state index contributed by atoms with van der Waals surface area (Å²) in [4.78, 5) is 12.4. The molecule has 22 heavy (non-hydrogen) atoms. The first kappa shape index (κ1) is 15.8. The predicted molar refractivity (Wildman–Crippen MR) is 94.6 cm³/mol. The number of hydrogen-bond donors (Lipinski definition) is 5. The number of benzene rings is 2. The fourth-order valence-electron chi connectivity index (χ4n) is 2.01. The Hall–Kier alpha value is -2.54. The van der Waals surface area contributed by atoms with Crippen LogP contribution < -0.4 is 22.5 Å². The zero-order valence-electron chi connectivity index (χ0n) is 11.9. The SMILES string of the molecule is Cc1cc(N)c(N)cc1C(=O)Nc1ccc(N)c(C(=N)Br)c1. The number of aryl methyl sites for hydroxylation is 1. The molecule has 1 amide bonds. The van der Waals surface area contributed by atoms with Crippen LogP contribution in [0.2, 0.25) is 0 Å². The van der Waals surface area contributed by atoms with Gasteiger partial charge in [-0.05, 0) is 58.7 Å². The molecule has 0 aliphatic heterocycles. The maximum absolute atomic E-state index is 12.4. The van der Waals surface area contributed by atoms with Crippen molar-refractivity contribution in [3.05, 3.63) is 47.0 Å². The summed E-state index contributed by atoms with van der Waals surface area (Å²) in [6.45, 7) is 1.79. The number of nitrogens with two attached hydrogens (primary N) is 3. The van der Waals surface area contributed by atoms with Crippen LogP contribution in [-0.2, 0) is 0 Å². The molecule has 8 N–H and O–H groups in total. The van der Waals surface area contributed by atoms with Gasteiger partial charge in [0.15, 0.2) is 0 Å². The van der Waals surface area contributed by atoms with E-state index >= 15 is 0 Å². The molecular weight excluding hydrogens is 346 g/mol. The van der Waals surface area contributed by atoms with Crippen molar-refractivity contribution in [3.8, 4) is 0 Å². The van der Waals surface area contributed by atoms with Crippen molar-refractivity contribution in [1.82, 2.24) is 0 Å². The molecule has 0 radical (unpaired) electrons. The van der Waals surface area contributed by atoms with Crippen LogP contribution in [0.1, 0.15) is 21.5 Å². The van der Waals surface area contributed by atoms with E-state index in [0.717, 1.165) is 5.56 Å². The molecule has 0 atom stereocenters. The summed E-state index contributed by atoms with van der Waals surface area (Å²) in [5, 5.41) is 10.4. The first-order valence-corrected chi connectivity index (χ1v) is 7.19. The Labute approximate surface area is 136 Å². The Morgan fingerprint density at radius 2 is 1.68 bits per heavy atom. The highest BCUT2D eigenvalue weighted by atomic mass is 79.9. The predicted octanol–water partition coefficient (Wildman–Crippen LogP) is 2.71. The summed E-state index contributed by atoms with van der Waals surface area (Å²) in [6.07, 6.45) is 0. The number of nitrogen functional groups attached to an aromatic ring is 3. The second-order valence-electron chi connectivity index (χ2n) is 4.87. The maximum atomic E-state index is 12.4. The Morgan fingerprint density at radius 1 is 1.05 bits per heavy atom. The van der Waals surface area contributed by atoms with Crippen LogP contribution in [0.5, 0.6) is 0 Å². The Bertz CT molecular complexity index is 773. The molecule has 0 aromatic heterocycles. The monoisotopic (exact) mass is 361 g/mol. The molecule has 114 valence electrons. The van der Waals surface area contributed by atoms with Gasteiger partial charge in [0.2, 0.25) is 0 Å². The minimum atomic E-state index is -0.305.